The number of rotatable bonds is 2. The van der Waals surface area contributed by atoms with Crippen LogP contribution < -0.4 is 0 Å². The molecule has 6 heteroatoms. The number of piperidine rings is 1. The van der Waals surface area contributed by atoms with Crippen LogP contribution in [0.15, 0.2) is 36.0 Å². The van der Waals surface area contributed by atoms with E-state index in [1.807, 2.05) is 17.6 Å². The van der Waals surface area contributed by atoms with Gasteiger partial charge < -0.3 is 14.2 Å². The Morgan fingerprint density at radius 1 is 1.19 bits per heavy atom. The van der Waals surface area contributed by atoms with Gasteiger partial charge in [0.15, 0.2) is 6.29 Å². The number of benzene rings is 1. The molecule has 0 unspecified atom stereocenters. The molecule has 0 N–H and O–H groups in total. The van der Waals surface area contributed by atoms with Gasteiger partial charge in [0.05, 0.1) is 12.8 Å². The van der Waals surface area contributed by atoms with E-state index in [4.69, 9.17) is 4.74 Å². The number of nitrogens with zero attached hydrogens (tertiary/aromatic N) is 3. The van der Waals surface area contributed by atoms with Crippen LogP contribution in [0.4, 0.5) is 4.79 Å². The summed E-state index contributed by atoms with van der Waals surface area (Å²) in [6.45, 7) is 4.24. The van der Waals surface area contributed by atoms with Crippen LogP contribution >= 0.6 is 0 Å². The van der Waals surface area contributed by atoms with Crippen LogP contribution in [0, 0.1) is 0 Å². The van der Waals surface area contributed by atoms with Crippen molar-refractivity contribution >= 4 is 18.0 Å². The van der Waals surface area contributed by atoms with Crippen molar-refractivity contribution in [3.63, 3.8) is 0 Å². The third-order valence-electron chi connectivity index (χ3n) is 5.37. The highest BCUT2D eigenvalue weighted by Crippen LogP contribution is 2.36. The number of fused-ring (bicyclic) bond motifs is 2. The van der Waals surface area contributed by atoms with Gasteiger partial charge in [0.1, 0.15) is 11.5 Å². The molecule has 1 aromatic carbocycles. The highest BCUT2D eigenvalue weighted by Gasteiger charge is 2.27. The predicted molar refractivity (Wildman–Crippen MR) is 102 cm³/mol. The average Bonchev–Trinajstić information content (AvgIpc) is 3.03. The number of likely N-dealkylation sites (tertiary alicyclic amines) is 1. The Hall–Kier alpha value is -2.89. The van der Waals surface area contributed by atoms with Crippen molar-refractivity contribution in [3.05, 3.63) is 58.7 Å². The van der Waals surface area contributed by atoms with Crippen molar-refractivity contribution in [2.45, 2.75) is 32.7 Å². The van der Waals surface area contributed by atoms with Crippen LogP contribution in [0.5, 0.6) is 0 Å². The number of amides is 1. The van der Waals surface area contributed by atoms with Crippen molar-refractivity contribution in [2.75, 3.05) is 19.7 Å². The molecule has 4 rings (SSSR count). The van der Waals surface area contributed by atoms with E-state index in [2.05, 4.69) is 23.2 Å². The molecule has 0 atom stereocenters. The lowest BCUT2D eigenvalue weighted by molar-refractivity contribution is 0.104. The van der Waals surface area contributed by atoms with Gasteiger partial charge in [0.25, 0.3) is 0 Å². The number of hydrogen-bond acceptors (Lipinski definition) is 4. The van der Waals surface area contributed by atoms with E-state index in [9.17, 15) is 9.59 Å². The lowest BCUT2D eigenvalue weighted by Gasteiger charge is -2.29. The van der Waals surface area contributed by atoms with Crippen molar-refractivity contribution in [3.8, 4) is 0 Å². The summed E-state index contributed by atoms with van der Waals surface area (Å²) in [5.41, 5.74) is 5.49. The second kappa shape index (κ2) is 7.39. The van der Waals surface area contributed by atoms with Gasteiger partial charge in [0, 0.05) is 25.2 Å². The second-order valence-corrected chi connectivity index (χ2v) is 6.85. The number of imidazole rings is 1. The summed E-state index contributed by atoms with van der Waals surface area (Å²) in [6, 6.07) is 8.39. The first kappa shape index (κ1) is 17.5. The Balaban J connectivity index is 1.76. The molecule has 1 fully saturated rings. The van der Waals surface area contributed by atoms with Gasteiger partial charge in [0.2, 0.25) is 0 Å². The van der Waals surface area contributed by atoms with E-state index in [0.29, 0.717) is 25.4 Å². The Bertz CT molecular complexity index is 903. The maximum absolute atomic E-state index is 12.0. The molecule has 0 bridgehead atoms. The van der Waals surface area contributed by atoms with Crippen LogP contribution in [-0.2, 0) is 17.7 Å². The smallest absolute Gasteiger partial charge is 0.409 e. The molecule has 2 aromatic rings. The van der Waals surface area contributed by atoms with Gasteiger partial charge in [-0.2, -0.15) is 0 Å². The third kappa shape index (κ3) is 3.16. The van der Waals surface area contributed by atoms with Crippen LogP contribution in [0.25, 0.3) is 5.57 Å². The van der Waals surface area contributed by atoms with Gasteiger partial charge in [-0.25, -0.2) is 9.78 Å². The van der Waals surface area contributed by atoms with E-state index < -0.39 is 0 Å². The largest absolute Gasteiger partial charge is 0.450 e. The van der Waals surface area contributed by atoms with Crippen molar-refractivity contribution < 1.29 is 14.3 Å². The predicted octanol–water partition coefficient (Wildman–Crippen LogP) is 3.31. The monoisotopic (exact) mass is 365 g/mol. The molecule has 0 radical (unpaired) electrons. The summed E-state index contributed by atoms with van der Waals surface area (Å²) >= 11 is 0. The number of ether oxygens (including phenoxy) is 1. The lowest BCUT2D eigenvalue weighted by Crippen LogP contribution is -2.37. The molecule has 1 saturated heterocycles. The molecule has 1 amide bonds. The standard InChI is InChI=1S/C21H23N3O3/c1-2-27-21(26)23-10-7-16(8-11-23)19-18-6-4-3-5-15(18)9-12-24-17(14-25)13-22-20(19)24/h3-6,13-14H,2,7-12H2,1H3. The third-order valence-corrected chi connectivity index (χ3v) is 5.37. The number of aldehydes is 1. The maximum Gasteiger partial charge on any atom is 0.409 e. The summed E-state index contributed by atoms with van der Waals surface area (Å²) in [5, 5.41) is 0. The topological polar surface area (TPSA) is 64.4 Å². The summed E-state index contributed by atoms with van der Waals surface area (Å²) in [7, 11) is 0. The lowest BCUT2D eigenvalue weighted by atomic mass is 9.90. The van der Waals surface area contributed by atoms with Gasteiger partial charge in [-0.15, -0.1) is 0 Å². The Kier molecular flexibility index (Phi) is 4.79. The fourth-order valence-electron chi connectivity index (χ4n) is 4.02. The Labute approximate surface area is 158 Å². The molecule has 0 aliphatic carbocycles. The number of carbonyl (C=O) groups excluding carboxylic acids is 2. The van der Waals surface area contributed by atoms with Crippen molar-refractivity contribution in [1.82, 2.24) is 14.5 Å². The highest BCUT2D eigenvalue weighted by molar-refractivity contribution is 5.84. The van der Waals surface area contributed by atoms with Gasteiger partial charge in [-0.1, -0.05) is 29.8 Å². The van der Waals surface area contributed by atoms with Crippen LogP contribution in [-0.4, -0.2) is 46.5 Å². The van der Waals surface area contributed by atoms with Gasteiger partial charge in [-0.3, -0.25) is 4.79 Å². The fraction of sp³-hybridized carbons (Fsp3) is 0.381. The quantitative estimate of drug-likeness (QED) is 0.766. The maximum atomic E-state index is 12.0. The first-order chi connectivity index (χ1) is 13.2. The van der Waals surface area contributed by atoms with E-state index in [1.54, 1.807) is 11.1 Å². The fourth-order valence-corrected chi connectivity index (χ4v) is 4.02. The van der Waals surface area contributed by atoms with E-state index in [1.165, 1.54) is 16.7 Å². The number of aromatic nitrogens is 2. The molecule has 140 valence electrons. The highest BCUT2D eigenvalue weighted by atomic mass is 16.6. The molecule has 2 aliphatic heterocycles. The van der Waals surface area contributed by atoms with Gasteiger partial charge >= 0.3 is 6.09 Å². The first-order valence-electron chi connectivity index (χ1n) is 9.46. The molecule has 6 nitrogen and oxygen atoms in total. The molecular formula is C21H23N3O3. The summed E-state index contributed by atoms with van der Waals surface area (Å²) < 4.78 is 7.15. The summed E-state index contributed by atoms with van der Waals surface area (Å²) in [4.78, 5) is 29.8. The zero-order chi connectivity index (χ0) is 18.8. The van der Waals surface area contributed by atoms with Crippen LogP contribution in [0.1, 0.15) is 47.2 Å². The van der Waals surface area contributed by atoms with E-state index in [0.717, 1.165) is 43.5 Å². The molecule has 0 saturated carbocycles. The minimum atomic E-state index is -0.243. The number of carbonyl (C=O) groups is 2. The molecule has 1 aromatic heterocycles. The second-order valence-electron chi connectivity index (χ2n) is 6.85. The Morgan fingerprint density at radius 2 is 1.96 bits per heavy atom. The normalized spacial score (nSPS) is 16.4. The summed E-state index contributed by atoms with van der Waals surface area (Å²) in [6.07, 6.45) is 4.72. The SMILES string of the molecule is CCOC(=O)N1CCC(=C2c3ccccc3CCn3c(C=O)cnc32)CC1. The molecular weight excluding hydrogens is 342 g/mol. The van der Waals surface area contributed by atoms with Crippen molar-refractivity contribution in [2.24, 2.45) is 0 Å². The molecule has 27 heavy (non-hydrogen) atoms. The van der Waals surface area contributed by atoms with Crippen molar-refractivity contribution in [1.29, 1.82) is 0 Å². The Morgan fingerprint density at radius 3 is 2.70 bits per heavy atom. The van der Waals surface area contributed by atoms with Crippen LogP contribution in [0.2, 0.25) is 0 Å². The zero-order valence-electron chi connectivity index (χ0n) is 15.5. The van der Waals surface area contributed by atoms with Gasteiger partial charge in [-0.05, 0) is 37.3 Å². The average molecular weight is 365 g/mol. The zero-order valence-corrected chi connectivity index (χ0v) is 15.5. The first-order valence-corrected chi connectivity index (χ1v) is 9.46. The molecule has 2 aliphatic rings. The summed E-state index contributed by atoms with van der Waals surface area (Å²) in [5.74, 6) is 0.863. The minimum absolute atomic E-state index is 0.243. The number of hydrogen-bond donors (Lipinski definition) is 0. The molecule has 3 heterocycles. The number of aryl methyl sites for hydroxylation is 1. The van der Waals surface area contributed by atoms with Crippen LogP contribution in [0.3, 0.4) is 0 Å². The minimum Gasteiger partial charge on any atom is -0.450 e. The molecule has 0 spiro atoms. The van der Waals surface area contributed by atoms with E-state index >= 15 is 0 Å². The van der Waals surface area contributed by atoms with E-state index in [-0.39, 0.29) is 6.09 Å².